The van der Waals surface area contributed by atoms with Crippen molar-refractivity contribution in [3.63, 3.8) is 0 Å². The molecule has 1 N–H and O–H groups in total. The molecule has 2 aliphatic rings. The number of fused-ring (bicyclic) bond motifs is 2. The first-order valence-corrected chi connectivity index (χ1v) is 20.8. The third kappa shape index (κ3) is 14.5. The molecular weight excluding hydrogens is 847 g/mol. The minimum Gasteiger partial charge on any atom is -0.850 e. The predicted molar refractivity (Wildman–Crippen MR) is 246 cm³/mol. The number of morpholine rings is 2. The number of rotatable bonds is 7. The summed E-state index contributed by atoms with van der Waals surface area (Å²) in [4.78, 5) is 25.5. The summed E-state index contributed by atoms with van der Waals surface area (Å²) in [7, 11) is 11.3. The second-order valence-corrected chi connectivity index (χ2v) is 16.3. The van der Waals surface area contributed by atoms with Gasteiger partial charge in [0, 0.05) is 75.3 Å². The molecule has 2 saturated heterocycles. The van der Waals surface area contributed by atoms with Crippen LogP contribution in [0.3, 0.4) is 0 Å². The van der Waals surface area contributed by atoms with Gasteiger partial charge in [-0.05, 0) is 60.7 Å². The van der Waals surface area contributed by atoms with Crippen LogP contribution >= 0.6 is 15.9 Å². The molecule has 61 heavy (non-hydrogen) atoms. The van der Waals surface area contributed by atoms with Crippen molar-refractivity contribution < 1.29 is 53.6 Å². The van der Waals surface area contributed by atoms with Crippen LogP contribution in [0.15, 0.2) is 89.4 Å². The number of halogens is 1. The summed E-state index contributed by atoms with van der Waals surface area (Å²) in [5, 5.41) is 15.3. The van der Waals surface area contributed by atoms with E-state index in [-0.39, 0.29) is 29.6 Å². The number of methoxy groups -OCH3 is 2. The van der Waals surface area contributed by atoms with Crippen LogP contribution in [0.5, 0.6) is 11.5 Å². The second-order valence-electron chi connectivity index (χ2n) is 15.4. The third-order valence-corrected chi connectivity index (χ3v) is 9.56. The zero-order valence-electron chi connectivity index (χ0n) is 37.3. The number of nitrogens with zero attached hydrogens (tertiary/aromatic N) is 7. The smallest absolute Gasteiger partial charge is 0.850 e. The molecule has 0 aliphatic carbocycles. The Bertz CT molecular complexity index is 2280. The number of aromatic nitrogens is 4. The molecule has 4 aromatic carbocycles. The van der Waals surface area contributed by atoms with Crippen LogP contribution in [0.1, 0.15) is 20.8 Å². The Morgan fingerprint density at radius 2 is 1.10 bits per heavy atom. The molecule has 13 nitrogen and oxygen atoms in total. The maximum Gasteiger partial charge on any atom is 1.00 e. The second kappa shape index (κ2) is 23.9. The van der Waals surface area contributed by atoms with Crippen LogP contribution < -0.4 is 64.2 Å². The molecule has 0 atom stereocenters. The molecule has 0 bridgehead atoms. The van der Waals surface area contributed by atoms with Gasteiger partial charge in [-0.15, -0.1) is 5.60 Å². The number of para-hydroxylation sites is 2. The maximum absolute atomic E-state index is 10.1. The van der Waals surface area contributed by atoms with Gasteiger partial charge in [0.05, 0.1) is 62.8 Å². The molecule has 2 aromatic heterocycles. The normalized spacial score (nSPS) is 13.6. The molecular formula is C46H58BrN8NaO5. The average Bonchev–Trinajstić information content (AvgIpc) is 3.26. The zero-order valence-corrected chi connectivity index (χ0v) is 40.9. The van der Waals surface area contributed by atoms with Gasteiger partial charge >= 0.3 is 29.6 Å². The van der Waals surface area contributed by atoms with Gasteiger partial charge in [0.25, 0.3) is 0 Å². The minimum atomic E-state index is -0.750. The molecule has 320 valence electrons. The average molecular weight is 906 g/mol. The van der Waals surface area contributed by atoms with E-state index in [1.807, 2.05) is 105 Å². The van der Waals surface area contributed by atoms with Crippen LogP contribution in [-0.4, -0.2) is 121 Å². The van der Waals surface area contributed by atoms with Gasteiger partial charge < -0.3 is 44.1 Å². The first-order valence-electron chi connectivity index (χ1n) is 20.0. The topological polar surface area (TPSA) is 133 Å². The number of nitrogens with one attached hydrogen (secondary N) is 1. The minimum absolute atomic E-state index is 0. The van der Waals surface area contributed by atoms with Gasteiger partial charge in [-0.1, -0.05) is 61.0 Å². The van der Waals surface area contributed by atoms with Crippen molar-refractivity contribution in [2.24, 2.45) is 0 Å². The quantitative estimate of drug-likeness (QED) is 0.231. The molecule has 0 spiro atoms. The Kier molecular flexibility index (Phi) is 19.4. The summed E-state index contributed by atoms with van der Waals surface area (Å²) in [6.45, 7) is 12.0. The van der Waals surface area contributed by atoms with Gasteiger partial charge in [-0.25, -0.2) is 19.9 Å². The molecule has 0 radical (unpaired) electrons. The Hall–Kier alpha value is -4.12. The van der Waals surface area contributed by atoms with Crippen molar-refractivity contribution in [2.45, 2.75) is 26.4 Å². The molecule has 0 unspecified atom stereocenters. The van der Waals surface area contributed by atoms with Crippen molar-refractivity contribution in [3.05, 3.63) is 89.4 Å². The SMILES string of the molecule is C1COCCN1.CC(C)(C)[O-].COc1ccc(Br)cc1-c1nc(N(C)C)c2ccccc2n1.COc1ccc(N2CCOCC2)cc1-c1nc(N(C)C)c2ccccc2n1.[Na+]. The third-order valence-electron chi connectivity index (χ3n) is 9.06. The molecule has 6 aromatic rings. The van der Waals surface area contributed by atoms with Crippen LogP contribution in [0.2, 0.25) is 0 Å². The van der Waals surface area contributed by atoms with Gasteiger partial charge in [-0.2, -0.15) is 0 Å². The van der Waals surface area contributed by atoms with E-state index in [9.17, 15) is 5.11 Å². The van der Waals surface area contributed by atoms with Gasteiger partial charge in [0.15, 0.2) is 11.6 Å². The summed E-state index contributed by atoms with van der Waals surface area (Å²) < 4.78 is 22.5. The van der Waals surface area contributed by atoms with Gasteiger partial charge in [0.2, 0.25) is 0 Å². The van der Waals surface area contributed by atoms with Crippen LogP contribution in [0, 0.1) is 0 Å². The van der Waals surface area contributed by atoms with Crippen molar-refractivity contribution in [1.82, 2.24) is 25.3 Å². The van der Waals surface area contributed by atoms with E-state index in [0.29, 0.717) is 11.6 Å². The summed E-state index contributed by atoms with van der Waals surface area (Å²) in [6.07, 6.45) is 0. The van der Waals surface area contributed by atoms with Gasteiger partial charge in [0.1, 0.15) is 23.1 Å². The number of benzene rings is 4. The van der Waals surface area contributed by atoms with Crippen LogP contribution in [-0.2, 0) is 9.47 Å². The van der Waals surface area contributed by atoms with Crippen molar-refractivity contribution in [1.29, 1.82) is 0 Å². The fourth-order valence-electron chi connectivity index (χ4n) is 6.30. The standard InChI is InChI=1S/C21H24N4O2.C17H16BrN3O.C4H9NO.C4H9O.Na/c1-24(2)21-16-6-4-5-7-18(16)22-20(23-21)17-14-15(8-9-19(17)26-3)25-10-12-27-13-11-25;1-21(2)17-12-6-4-5-7-14(12)19-16(20-17)13-10-11(18)8-9-15(13)22-3;1-3-6-4-2-5-1;1-4(2,3)5;/h4-9,14H,10-13H2,1-3H3;4-10H,1-3H3;5H,1-4H2;1-3H3;/q;;;-1;+1. The Morgan fingerprint density at radius 3 is 1.52 bits per heavy atom. The van der Waals surface area contributed by atoms with E-state index < -0.39 is 5.60 Å². The Balaban J connectivity index is 0.000000215. The van der Waals surface area contributed by atoms with Gasteiger partial charge in [-0.3, -0.25) is 0 Å². The molecule has 4 heterocycles. The number of ether oxygens (including phenoxy) is 4. The fourth-order valence-corrected chi connectivity index (χ4v) is 6.66. The van der Waals surface area contributed by atoms with E-state index in [2.05, 4.69) is 44.3 Å². The summed E-state index contributed by atoms with van der Waals surface area (Å²) >= 11 is 3.50. The maximum atomic E-state index is 10.1. The number of hydrogen-bond donors (Lipinski definition) is 1. The molecule has 0 amide bonds. The van der Waals surface area contributed by atoms with E-state index in [4.69, 9.17) is 38.9 Å². The summed E-state index contributed by atoms with van der Waals surface area (Å²) in [6, 6.07) is 28.1. The van der Waals surface area contributed by atoms with Crippen molar-refractivity contribution in [2.75, 3.05) is 110 Å². The van der Waals surface area contributed by atoms with E-state index in [1.165, 1.54) is 0 Å². The largest absolute Gasteiger partial charge is 1.00 e. The molecule has 8 rings (SSSR count). The summed E-state index contributed by atoms with van der Waals surface area (Å²) in [5.41, 5.74) is 3.99. The van der Waals surface area contributed by atoms with Crippen molar-refractivity contribution >= 4 is 55.1 Å². The number of anilines is 3. The molecule has 15 heteroatoms. The Morgan fingerprint density at radius 1 is 0.656 bits per heavy atom. The zero-order chi connectivity index (χ0) is 43.2. The van der Waals surface area contributed by atoms with E-state index in [0.717, 1.165) is 119 Å². The fraction of sp³-hybridized carbons (Fsp3) is 0.391. The molecule has 2 aliphatic heterocycles. The first kappa shape index (κ1) is 49.5. The predicted octanol–water partition coefficient (Wildman–Crippen LogP) is 4.10. The molecule has 2 fully saturated rings. The monoisotopic (exact) mass is 904 g/mol. The van der Waals surface area contributed by atoms with E-state index >= 15 is 0 Å². The Labute approximate surface area is 391 Å². The van der Waals surface area contributed by atoms with Crippen molar-refractivity contribution in [3.8, 4) is 34.3 Å². The number of hydrogen-bond acceptors (Lipinski definition) is 13. The van der Waals surface area contributed by atoms with Crippen LogP contribution in [0.4, 0.5) is 17.3 Å². The molecule has 0 saturated carbocycles. The first-order chi connectivity index (χ1) is 28.8. The van der Waals surface area contributed by atoms with Crippen LogP contribution in [0.25, 0.3) is 44.6 Å². The van der Waals surface area contributed by atoms with E-state index in [1.54, 1.807) is 35.0 Å². The summed E-state index contributed by atoms with van der Waals surface area (Å²) in [5.74, 6) is 4.64.